The molecule has 2 aliphatic rings. The van der Waals surface area contributed by atoms with E-state index in [2.05, 4.69) is 10.4 Å². The number of aliphatic hydroxyl groups is 1. The van der Waals surface area contributed by atoms with Crippen LogP contribution in [0.25, 0.3) is 0 Å². The molecule has 1 aromatic heterocycles. The summed E-state index contributed by atoms with van der Waals surface area (Å²) in [5, 5.41) is 16.8. The molecule has 7 nitrogen and oxygen atoms in total. The van der Waals surface area contributed by atoms with Crippen LogP contribution in [-0.2, 0) is 16.4 Å². The summed E-state index contributed by atoms with van der Waals surface area (Å²) in [7, 11) is -4.00. The fourth-order valence-electron chi connectivity index (χ4n) is 5.81. The van der Waals surface area contributed by atoms with Crippen LogP contribution in [0.4, 0.5) is 18.9 Å². The molecule has 1 unspecified atom stereocenters. The van der Waals surface area contributed by atoms with Crippen molar-refractivity contribution in [3.63, 3.8) is 0 Å². The fraction of sp³-hybridized carbons (Fsp3) is 0.360. The second kappa shape index (κ2) is 9.45. The third-order valence-electron chi connectivity index (χ3n) is 7.24. The SMILES string of the molecule is O=C(Nc1cc(F)c(F)c(F)c1)c1ccc(Cl)c(S(=O)(=O)[C@H]2C3CC[C@H]2C[C@](O)(Cn2cccn2)C3)c1. The predicted molar refractivity (Wildman–Crippen MR) is 129 cm³/mol. The largest absolute Gasteiger partial charge is 0.388 e. The number of benzene rings is 2. The number of fused-ring (bicyclic) bond motifs is 2. The average Bonchev–Trinajstić information content (AvgIpc) is 3.43. The number of rotatable bonds is 6. The van der Waals surface area contributed by atoms with E-state index < -0.39 is 44.0 Å². The number of halogens is 4. The lowest BCUT2D eigenvalue weighted by Crippen LogP contribution is -2.48. The Labute approximate surface area is 216 Å². The molecular formula is C25H23ClF3N3O4S. The average molecular weight is 554 g/mol. The number of hydrogen-bond donors (Lipinski definition) is 2. The van der Waals surface area contributed by atoms with E-state index >= 15 is 0 Å². The lowest BCUT2D eigenvalue weighted by Gasteiger charge is -2.40. The molecule has 0 saturated heterocycles. The third-order valence-corrected chi connectivity index (χ3v) is 10.1. The van der Waals surface area contributed by atoms with Crippen LogP contribution in [0.5, 0.6) is 0 Å². The summed E-state index contributed by atoms with van der Waals surface area (Å²) in [5.74, 6) is -6.08. The molecule has 2 N–H and O–H groups in total. The molecule has 37 heavy (non-hydrogen) atoms. The van der Waals surface area contributed by atoms with Gasteiger partial charge in [-0.05, 0) is 61.8 Å². The number of carbonyl (C=O) groups is 1. The highest BCUT2D eigenvalue weighted by Gasteiger charge is 2.54. The summed E-state index contributed by atoms with van der Waals surface area (Å²) in [4.78, 5) is 12.5. The Morgan fingerprint density at radius 2 is 1.78 bits per heavy atom. The van der Waals surface area contributed by atoms with Crippen molar-refractivity contribution in [2.75, 3.05) is 5.32 Å². The second-order valence-corrected chi connectivity index (χ2v) is 12.3. The van der Waals surface area contributed by atoms with Gasteiger partial charge in [-0.3, -0.25) is 9.48 Å². The van der Waals surface area contributed by atoms with Gasteiger partial charge in [0.2, 0.25) is 0 Å². The summed E-state index contributed by atoms with van der Waals surface area (Å²) >= 11 is 6.28. The maximum atomic E-state index is 13.8. The zero-order chi connectivity index (χ0) is 26.5. The molecule has 2 aromatic carbocycles. The first-order chi connectivity index (χ1) is 17.5. The van der Waals surface area contributed by atoms with E-state index in [4.69, 9.17) is 11.6 Å². The minimum absolute atomic E-state index is 0.0628. The summed E-state index contributed by atoms with van der Waals surface area (Å²) in [5.41, 5.74) is -1.52. The summed E-state index contributed by atoms with van der Waals surface area (Å²) in [6, 6.07) is 6.68. The number of nitrogens with zero attached hydrogens (tertiary/aromatic N) is 2. The van der Waals surface area contributed by atoms with Crippen LogP contribution < -0.4 is 5.32 Å². The van der Waals surface area contributed by atoms with Crippen LogP contribution in [0, 0.1) is 29.3 Å². The van der Waals surface area contributed by atoms with Gasteiger partial charge in [-0.2, -0.15) is 5.10 Å². The first kappa shape index (κ1) is 25.7. The van der Waals surface area contributed by atoms with Crippen molar-refractivity contribution in [3.8, 4) is 0 Å². The van der Waals surface area contributed by atoms with Gasteiger partial charge in [0.05, 0.1) is 27.3 Å². The van der Waals surface area contributed by atoms with Crippen molar-refractivity contribution in [2.45, 2.75) is 48.0 Å². The van der Waals surface area contributed by atoms with Crippen molar-refractivity contribution < 1.29 is 31.5 Å². The Bertz CT molecular complexity index is 1430. The highest BCUT2D eigenvalue weighted by molar-refractivity contribution is 7.92. The molecule has 1 heterocycles. The molecule has 196 valence electrons. The number of nitrogens with one attached hydrogen (secondary N) is 1. The second-order valence-electron chi connectivity index (χ2n) is 9.80. The van der Waals surface area contributed by atoms with E-state index in [1.54, 1.807) is 23.1 Å². The van der Waals surface area contributed by atoms with Crippen LogP contribution in [0.1, 0.15) is 36.0 Å². The Morgan fingerprint density at radius 1 is 1.14 bits per heavy atom. The molecule has 3 aromatic rings. The van der Waals surface area contributed by atoms with Crippen molar-refractivity contribution in [3.05, 3.63) is 76.8 Å². The lowest BCUT2D eigenvalue weighted by atomic mass is 9.77. The van der Waals surface area contributed by atoms with Gasteiger partial charge in [-0.1, -0.05) is 11.6 Å². The van der Waals surface area contributed by atoms with Crippen molar-refractivity contribution in [2.24, 2.45) is 11.8 Å². The van der Waals surface area contributed by atoms with Crippen molar-refractivity contribution in [1.29, 1.82) is 0 Å². The predicted octanol–water partition coefficient (Wildman–Crippen LogP) is 4.60. The van der Waals surface area contributed by atoms with E-state index in [-0.39, 0.29) is 52.4 Å². The Hall–Kier alpha value is -2.89. The van der Waals surface area contributed by atoms with Crippen LogP contribution in [0.15, 0.2) is 53.7 Å². The van der Waals surface area contributed by atoms with Gasteiger partial charge in [0.15, 0.2) is 27.3 Å². The maximum absolute atomic E-state index is 13.8. The van der Waals surface area contributed by atoms with Gasteiger partial charge in [-0.25, -0.2) is 21.6 Å². The van der Waals surface area contributed by atoms with Gasteiger partial charge in [0.1, 0.15) is 0 Å². The van der Waals surface area contributed by atoms with Crippen LogP contribution in [0.3, 0.4) is 0 Å². The molecular weight excluding hydrogens is 531 g/mol. The zero-order valence-corrected chi connectivity index (χ0v) is 20.9. The highest BCUT2D eigenvalue weighted by Crippen LogP contribution is 2.51. The molecule has 4 atom stereocenters. The van der Waals surface area contributed by atoms with E-state index in [1.165, 1.54) is 12.1 Å². The number of anilines is 1. The molecule has 1 amide bonds. The summed E-state index contributed by atoms with van der Waals surface area (Å²) < 4.78 is 69.5. The van der Waals surface area contributed by atoms with Gasteiger partial charge in [0.25, 0.3) is 5.91 Å². The minimum Gasteiger partial charge on any atom is -0.388 e. The van der Waals surface area contributed by atoms with E-state index in [9.17, 15) is 31.5 Å². The Balaban J connectivity index is 1.39. The van der Waals surface area contributed by atoms with E-state index in [0.717, 1.165) is 6.07 Å². The number of carbonyl (C=O) groups excluding carboxylic acids is 1. The molecule has 0 aliphatic heterocycles. The molecule has 12 heteroatoms. The quantitative estimate of drug-likeness (QED) is 0.435. The fourth-order valence-corrected chi connectivity index (χ4v) is 8.65. The molecule has 2 saturated carbocycles. The Morgan fingerprint density at radius 3 is 2.38 bits per heavy atom. The topological polar surface area (TPSA) is 101 Å². The van der Waals surface area contributed by atoms with Crippen molar-refractivity contribution in [1.82, 2.24) is 9.78 Å². The standard InChI is InChI=1S/C25H23ClF3N3O4S/c26-18-5-4-14(24(33)31-17-9-19(27)22(29)20(28)10-17)8-21(18)37(35,36)23-15-2-3-16(23)12-25(34,11-15)13-32-7-1-6-30-32/h1,4-10,15-16,23,34H,2-3,11-13H2,(H,31,33)/t15-,16?,23+,25+/m0/s1. The normalized spacial score (nSPS) is 25.3. The minimum atomic E-state index is -4.00. The summed E-state index contributed by atoms with van der Waals surface area (Å²) in [6.45, 7) is 0.265. The van der Waals surface area contributed by atoms with E-state index in [1.807, 2.05) is 0 Å². The number of hydrogen-bond acceptors (Lipinski definition) is 5. The van der Waals surface area contributed by atoms with E-state index in [0.29, 0.717) is 25.0 Å². The Kier molecular flexibility index (Phi) is 6.57. The maximum Gasteiger partial charge on any atom is 0.255 e. The van der Waals surface area contributed by atoms with Crippen LogP contribution in [-0.4, -0.2) is 40.1 Å². The molecule has 0 radical (unpaired) electrons. The molecule has 2 aliphatic carbocycles. The number of sulfone groups is 1. The van der Waals surface area contributed by atoms with Gasteiger partial charge >= 0.3 is 0 Å². The lowest BCUT2D eigenvalue weighted by molar-refractivity contribution is -0.0354. The number of aromatic nitrogens is 2. The first-order valence-electron chi connectivity index (χ1n) is 11.7. The molecule has 5 rings (SSSR count). The first-order valence-corrected chi connectivity index (χ1v) is 13.6. The van der Waals surface area contributed by atoms with Gasteiger partial charge in [-0.15, -0.1) is 0 Å². The highest BCUT2D eigenvalue weighted by atomic mass is 35.5. The molecule has 0 spiro atoms. The van der Waals surface area contributed by atoms with Crippen molar-refractivity contribution >= 4 is 33.0 Å². The number of amides is 1. The zero-order valence-electron chi connectivity index (χ0n) is 19.4. The molecule has 2 fully saturated rings. The smallest absolute Gasteiger partial charge is 0.255 e. The van der Waals surface area contributed by atoms with Crippen LogP contribution >= 0.6 is 11.6 Å². The summed E-state index contributed by atoms with van der Waals surface area (Å²) in [6.07, 6.45) is 5.19. The van der Waals surface area contributed by atoms with Crippen LogP contribution in [0.2, 0.25) is 5.02 Å². The third kappa shape index (κ3) is 4.87. The van der Waals surface area contributed by atoms with Gasteiger partial charge in [0, 0.05) is 35.8 Å². The monoisotopic (exact) mass is 553 g/mol. The molecule has 2 bridgehead atoms. The van der Waals surface area contributed by atoms with Gasteiger partial charge < -0.3 is 10.4 Å².